The molecule has 13 nitrogen and oxygen atoms in total. The van der Waals surface area contributed by atoms with Crippen molar-refractivity contribution in [3.05, 3.63) is 114 Å². The third kappa shape index (κ3) is 10.1. The fourth-order valence-electron chi connectivity index (χ4n) is 7.91. The van der Waals surface area contributed by atoms with E-state index in [1.165, 1.54) is 68.7 Å². The predicted octanol–water partition coefficient (Wildman–Crippen LogP) is 5.92. The molecule has 0 aromatic heterocycles. The molecule has 0 radical (unpaired) electrons. The number of anilines is 2. The van der Waals surface area contributed by atoms with E-state index in [1.54, 1.807) is 36.4 Å². The first-order chi connectivity index (χ1) is 28.0. The number of benzene rings is 4. The van der Waals surface area contributed by atoms with E-state index in [1.807, 2.05) is 24.3 Å². The summed E-state index contributed by atoms with van der Waals surface area (Å²) in [5, 5.41) is 29.3. The second-order valence-corrected chi connectivity index (χ2v) is 17.0. The molecule has 2 amide bonds. The highest BCUT2D eigenvalue weighted by atomic mass is 32.2. The molecule has 1 aliphatic carbocycles. The van der Waals surface area contributed by atoms with Crippen LogP contribution in [0.4, 0.5) is 11.4 Å². The number of aliphatic hydroxyl groups is 1. The molecular weight excluding hydrogens is 759 g/mol. The summed E-state index contributed by atoms with van der Waals surface area (Å²) in [5.74, 6) is -0.290. The van der Waals surface area contributed by atoms with E-state index in [2.05, 4.69) is 32.7 Å². The number of ether oxygens (including phenoxy) is 2. The maximum atomic E-state index is 13.6. The second kappa shape index (κ2) is 18.6. The topological polar surface area (TPSA) is 170 Å². The lowest BCUT2D eigenvalue weighted by Gasteiger charge is -2.42. The van der Waals surface area contributed by atoms with Crippen LogP contribution in [0.15, 0.2) is 107 Å². The van der Waals surface area contributed by atoms with Crippen LogP contribution in [0.2, 0.25) is 0 Å². The molecular formula is C44H51N5O8S. The van der Waals surface area contributed by atoms with Crippen LogP contribution in [0.5, 0.6) is 17.2 Å². The molecule has 14 heteroatoms. The van der Waals surface area contributed by atoms with Gasteiger partial charge in [-0.3, -0.25) is 19.4 Å². The zero-order valence-corrected chi connectivity index (χ0v) is 33.4. The van der Waals surface area contributed by atoms with Gasteiger partial charge in [0, 0.05) is 74.7 Å². The maximum absolute atomic E-state index is 13.6. The Morgan fingerprint density at radius 3 is 2.45 bits per heavy atom. The summed E-state index contributed by atoms with van der Waals surface area (Å²) >= 11 is 0. The van der Waals surface area contributed by atoms with Gasteiger partial charge in [-0.15, -0.1) is 0 Å². The molecule has 4 aromatic carbocycles. The molecule has 58 heavy (non-hydrogen) atoms. The van der Waals surface area contributed by atoms with Crippen molar-refractivity contribution in [2.45, 2.75) is 73.6 Å². The van der Waals surface area contributed by atoms with E-state index in [-0.39, 0.29) is 46.4 Å². The van der Waals surface area contributed by atoms with Crippen molar-refractivity contribution >= 4 is 33.0 Å². The first-order valence-electron chi connectivity index (χ1n) is 19.9. The number of aromatic hydroxyl groups is 1. The Hall–Kier alpha value is -5.25. The van der Waals surface area contributed by atoms with E-state index in [0.717, 1.165) is 43.3 Å². The van der Waals surface area contributed by atoms with Crippen molar-refractivity contribution in [3.63, 3.8) is 0 Å². The monoisotopic (exact) mass is 809 g/mol. The van der Waals surface area contributed by atoms with Gasteiger partial charge in [-0.2, -0.15) is 0 Å². The van der Waals surface area contributed by atoms with Gasteiger partial charge < -0.3 is 35.6 Å². The number of amides is 2. The summed E-state index contributed by atoms with van der Waals surface area (Å²) < 4.78 is 38.3. The molecule has 306 valence electrons. The Bertz CT molecular complexity index is 2200. The van der Waals surface area contributed by atoms with Gasteiger partial charge in [0.1, 0.15) is 17.2 Å². The first-order valence-corrected chi connectivity index (χ1v) is 21.4. The lowest BCUT2D eigenvalue weighted by Crippen LogP contribution is -2.51. The SMILES string of the molecule is C[C@@H](c1ccc(S(=O)(=O)c2cccc(OC=CC(=O)Nc3ccc(CNC[C@H](O)c4cc(O)cc5c4OCC(=O)N5)cc3)c2)cc1)N1CCN(C2CCCCC2)CC1. The number of rotatable bonds is 14. The third-order valence-electron chi connectivity index (χ3n) is 11.2. The van der Waals surface area contributed by atoms with Crippen LogP contribution in [-0.2, 0) is 26.0 Å². The van der Waals surface area contributed by atoms with Gasteiger partial charge in [0.2, 0.25) is 9.84 Å². The molecule has 1 saturated carbocycles. The van der Waals surface area contributed by atoms with Gasteiger partial charge in [0.05, 0.1) is 27.8 Å². The van der Waals surface area contributed by atoms with Crippen LogP contribution in [-0.4, -0.2) is 85.6 Å². The van der Waals surface area contributed by atoms with E-state index < -0.39 is 21.8 Å². The highest BCUT2D eigenvalue weighted by molar-refractivity contribution is 7.91. The molecule has 2 atom stereocenters. The van der Waals surface area contributed by atoms with Crippen LogP contribution >= 0.6 is 0 Å². The van der Waals surface area contributed by atoms with Crippen molar-refractivity contribution < 1.29 is 37.7 Å². The largest absolute Gasteiger partial charge is 0.508 e. The van der Waals surface area contributed by atoms with Gasteiger partial charge in [-0.25, -0.2) is 8.42 Å². The Kier molecular flexibility index (Phi) is 13.1. The number of nitrogens with zero attached hydrogens (tertiary/aromatic N) is 2. The van der Waals surface area contributed by atoms with Crippen molar-refractivity contribution in [2.24, 2.45) is 0 Å². The number of phenols is 1. The van der Waals surface area contributed by atoms with Crippen LogP contribution in [0, 0.1) is 0 Å². The Morgan fingerprint density at radius 2 is 1.71 bits per heavy atom. The standard InChI is InChI=1S/C44H51N5O8S/c1-30(48-19-21-49(22-20-48)34-6-3-2-4-7-34)32-12-16-37(17-13-32)58(54,55)38-9-5-8-36(26-38)56-23-18-42(52)46-33-14-10-31(11-15-33)27-45-28-41(51)39-24-35(50)25-40-44(39)57-29-43(53)47-40/h5,8-18,23-26,30,34,41,45,50-51H,2-4,6-7,19-22,27-29H2,1H3,(H,46,52)(H,47,53)/t30-,41-/m0/s1. The number of carbonyl (C=O) groups excluding carboxylic acids is 2. The summed E-state index contributed by atoms with van der Waals surface area (Å²) in [6.45, 7) is 6.75. The molecule has 1 saturated heterocycles. The molecule has 4 aromatic rings. The average Bonchev–Trinajstić information content (AvgIpc) is 3.24. The number of nitrogens with one attached hydrogen (secondary N) is 3. The van der Waals surface area contributed by atoms with Gasteiger partial charge in [0.25, 0.3) is 11.8 Å². The number of piperazine rings is 1. The highest BCUT2D eigenvalue weighted by Gasteiger charge is 2.28. The van der Waals surface area contributed by atoms with Crippen LogP contribution in [0.25, 0.3) is 0 Å². The maximum Gasteiger partial charge on any atom is 0.262 e. The quantitative estimate of drug-likeness (QED) is 0.0757. The molecule has 7 rings (SSSR count). The molecule has 2 fully saturated rings. The normalized spacial score (nSPS) is 17.9. The van der Waals surface area contributed by atoms with Gasteiger partial charge in [-0.05, 0) is 79.4 Å². The fourth-order valence-corrected chi connectivity index (χ4v) is 9.21. The average molecular weight is 810 g/mol. The van der Waals surface area contributed by atoms with Crippen LogP contribution < -0.4 is 25.4 Å². The number of hydrogen-bond acceptors (Lipinski definition) is 11. The van der Waals surface area contributed by atoms with Crippen molar-refractivity contribution in [1.29, 1.82) is 0 Å². The van der Waals surface area contributed by atoms with E-state index in [0.29, 0.717) is 29.2 Å². The number of fused-ring (bicyclic) bond motifs is 1. The Labute approximate surface area is 339 Å². The van der Waals surface area contributed by atoms with Crippen molar-refractivity contribution in [3.8, 4) is 17.2 Å². The summed E-state index contributed by atoms with van der Waals surface area (Å²) in [4.78, 5) is 29.7. The lowest BCUT2D eigenvalue weighted by molar-refractivity contribution is -0.118. The lowest BCUT2D eigenvalue weighted by atomic mass is 9.93. The number of aliphatic hydroxyl groups excluding tert-OH is 1. The van der Waals surface area contributed by atoms with E-state index >= 15 is 0 Å². The minimum absolute atomic E-state index is 0.0915. The first kappa shape index (κ1) is 40.9. The zero-order chi connectivity index (χ0) is 40.6. The Morgan fingerprint density at radius 1 is 0.966 bits per heavy atom. The summed E-state index contributed by atoms with van der Waals surface area (Å²) in [6, 6.07) is 24.2. The number of phenolic OH excluding ortho intramolecular Hbond substituents is 1. The van der Waals surface area contributed by atoms with E-state index in [9.17, 15) is 28.2 Å². The Balaban J connectivity index is 0.862. The van der Waals surface area contributed by atoms with Crippen LogP contribution in [0.3, 0.4) is 0 Å². The molecule has 0 unspecified atom stereocenters. The summed E-state index contributed by atoms with van der Waals surface area (Å²) in [5.41, 5.74) is 3.19. The van der Waals surface area contributed by atoms with Crippen LogP contribution in [0.1, 0.15) is 67.9 Å². The predicted molar refractivity (Wildman–Crippen MR) is 221 cm³/mol. The molecule has 2 heterocycles. The zero-order valence-electron chi connectivity index (χ0n) is 32.6. The number of sulfone groups is 1. The summed E-state index contributed by atoms with van der Waals surface area (Å²) in [7, 11) is -3.81. The molecule has 0 spiro atoms. The molecule has 5 N–H and O–H groups in total. The second-order valence-electron chi connectivity index (χ2n) is 15.1. The van der Waals surface area contributed by atoms with E-state index in [4.69, 9.17) is 9.47 Å². The van der Waals surface area contributed by atoms with Gasteiger partial charge in [-0.1, -0.05) is 49.6 Å². The number of carbonyl (C=O) groups is 2. The fraction of sp³-hybridized carbons (Fsp3) is 0.364. The minimum Gasteiger partial charge on any atom is -0.508 e. The highest BCUT2D eigenvalue weighted by Crippen LogP contribution is 2.39. The third-order valence-corrected chi connectivity index (χ3v) is 12.9. The van der Waals surface area contributed by atoms with Gasteiger partial charge in [0.15, 0.2) is 6.61 Å². The minimum atomic E-state index is -3.81. The molecule has 0 bridgehead atoms. The van der Waals surface area contributed by atoms with Gasteiger partial charge >= 0.3 is 0 Å². The molecule has 2 aliphatic heterocycles. The van der Waals surface area contributed by atoms with Crippen molar-refractivity contribution in [2.75, 3.05) is 50.0 Å². The molecule has 3 aliphatic rings. The number of hydrogen-bond donors (Lipinski definition) is 5. The summed E-state index contributed by atoms with van der Waals surface area (Å²) in [6.07, 6.45) is 8.08. The smallest absolute Gasteiger partial charge is 0.262 e. The van der Waals surface area contributed by atoms with Crippen molar-refractivity contribution in [1.82, 2.24) is 15.1 Å².